The van der Waals surface area contributed by atoms with Crippen molar-refractivity contribution in [3.05, 3.63) is 16.4 Å². The molecule has 0 aromatic carbocycles. The first-order chi connectivity index (χ1) is 8.33. The second kappa shape index (κ2) is 4.53. The van der Waals surface area contributed by atoms with Gasteiger partial charge in [0.2, 0.25) is 0 Å². The molecule has 0 saturated carbocycles. The molecule has 6 nitrogen and oxygen atoms in total. The number of carboxylic acids is 1. The quantitative estimate of drug-likeness (QED) is 0.830. The lowest BCUT2D eigenvalue weighted by Crippen LogP contribution is -2.50. The normalized spacial score (nSPS) is 24.7. The third kappa shape index (κ3) is 2.23. The van der Waals surface area contributed by atoms with E-state index in [4.69, 9.17) is 22.4 Å². The molecule has 0 amide bonds. The molecule has 1 saturated heterocycles. The van der Waals surface area contributed by atoms with Crippen molar-refractivity contribution in [1.82, 2.24) is 14.7 Å². The van der Waals surface area contributed by atoms with Crippen LogP contribution in [0.15, 0.2) is 0 Å². The lowest BCUT2D eigenvalue weighted by molar-refractivity contribution is -0.142. The van der Waals surface area contributed by atoms with Crippen molar-refractivity contribution in [2.45, 2.75) is 25.4 Å². The van der Waals surface area contributed by atoms with Gasteiger partial charge in [0.25, 0.3) is 0 Å². The van der Waals surface area contributed by atoms with E-state index in [9.17, 15) is 4.79 Å². The maximum atomic E-state index is 11.1. The fourth-order valence-corrected chi connectivity index (χ4v) is 2.51. The van der Waals surface area contributed by atoms with E-state index in [0.29, 0.717) is 31.1 Å². The summed E-state index contributed by atoms with van der Waals surface area (Å²) in [6.07, 6.45) is 0.455. The number of rotatable bonds is 3. The average Bonchev–Trinajstić information content (AvgIpc) is 2.77. The van der Waals surface area contributed by atoms with Crippen LogP contribution in [0, 0.1) is 6.92 Å². The Bertz CT molecular complexity index is 488. The number of aromatic nitrogens is 2. The van der Waals surface area contributed by atoms with Crippen LogP contribution in [0.1, 0.15) is 17.8 Å². The van der Waals surface area contributed by atoms with Gasteiger partial charge < -0.3 is 10.8 Å². The Hall–Kier alpha value is -1.11. The number of nitrogens with two attached hydrogens (primary N) is 1. The van der Waals surface area contributed by atoms with Crippen molar-refractivity contribution >= 4 is 17.6 Å². The van der Waals surface area contributed by atoms with Crippen molar-refractivity contribution in [2.24, 2.45) is 12.8 Å². The molecule has 7 heteroatoms. The summed E-state index contributed by atoms with van der Waals surface area (Å²) in [5.74, 6) is -0.947. The van der Waals surface area contributed by atoms with Gasteiger partial charge in [-0.25, -0.2) is 0 Å². The highest BCUT2D eigenvalue weighted by atomic mass is 35.5. The monoisotopic (exact) mass is 272 g/mol. The number of carboxylic acid groups (broad SMARTS) is 1. The lowest BCUT2D eigenvalue weighted by atomic mass is 10.0. The van der Waals surface area contributed by atoms with Crippen molar-refractivity contribution in [3.8, 4) is 0 Å². The largest absolute Gasteiger partial charge is 0.480 e. The zero-order valence-electron chi connectivity index (χ0n) is 10.5. The van der Waals surface area contributed by atoms with Crippen LogP contribution < -0.4 is 5.73 Å². The van der Waals surface area contributed by atoms with Crippen LogP contribution >= 0.6 is 11.6 Å². The molecule has 18 heavy (non-hydrogen) atoms. The SMILES string of the molecule is Cc1nn(C)c(CN2CCC(N)(C(=O)O)C2)c1Cl. The standard InChI is InChI=1S/C11H17ClN4O2/c1-7-9(12)8(15(2)14-7)5-16-4-3-11(13,6-16)10(17)18/h3-6,13H2,1-2H3,(H,17,18). The maximum Gasteiger partial charge on any atom is 0.325 e. The molecule has 1 unspecified atom stereocenters. The zero-order chi connectivity index (χ0) is 13.5. The maximum absolute atomic E-state index is 11.1. The van der Waals surface area contributed by atoms with E-state index >= 15 is 0 Å². The van der Waals surface area contributed by atoms with E-state index in [2.05, 4.69) is 5.10 Å². The first-order valence-corrected chi connectivity index (χ1v) is 6.14. The third-order valence-electron chi connectivity index (χ3n) is 3.44. The van der Waals surface area contributed by atoms with Crippen LogP contribution in [-0.2, 0) is 18.4 Å². The van der Waals surface area contributed by atoms with Crippen LogP contribution in [0.5, 0.6) is 0 Å². The van der Waals surface area contributed by atoms with Crippen LogP contribution in [0.2, 0.25) is 5.02 Å². The van der Waals surface area contributed by atoms with Crippen molar-refractivity contribution in [1.29, 1.82) is 0 Å². The average molecular weight is 273 g/mol. The first kappa shape index (κ1) is 13.3. The Balaban J connectivity index is 2.10. The topological polar surface area (TPSA) is 84.4 Å². The Kier molecular flexibility index (Phi) is 3.35. The molecule has 1 atom stereocenters. The van der Waals surface area contributed by atoms with Gasteiger partial charge in [0.15, 0.2) is 0 Å². The molecule has 1 aliphatic rings. The molecule has 100 valence electrons. The van der Waals surface area contributed by atoms with Gasteiger partial charge >= 0.3 is 5.97 Å². The zero-order valence-corrected chi connectivity index (χ0v) is 11.2. The molecule has 0 spiro atoms. The summed E-state index contributed by atoms with van der Waals surface area (Å²) in [5.41, 5.74) is 6.37. The summed E-state index contributed by atoms with van der Waals surface area (Å²) in [6, 6.07) is 0. The lowest BCUT2D eigenvalue weighted by Gasteiger charge is -2.20. The predicted octanol–water partition coefficient (Wildman–Crippen LogP) is 0.370. The molecular weight excluding hydrogens is 256 g/mol. The fraction of sp³-hybridized carbons (Fsp3) is 0.636. The molecule has 0 aliphatic carbocycles. The number of hydrogen-bond acceptors (Lipinski definition) is 4. The van der Waals surface area contributed by atoms with E-state index in [1.54, 1.807) is 4.68 Å². The fourth-order valence-electron chi connectivity index (χ4n) is 2.29. The summed E-state index contributed by atoms with van der Waals surface area (Å²) in [5, 5.41) is 14.0. The van der Waals surface area contributed by atoms with Crippen LogP contribution in [0.25, 0.3) is 0 Å². The molecule has 3 N–H and O–H groups in total. The summed E-state index contributed by atoms with van der Waals surface area (Å²) in [4.78, 5) is 13.1. The number of hydrogen-bond donors (Lipinski definition) is 2. The van der Waals surface area contributed by atoms with Gasteiger partial charge in [-0.05, 0) is 13.3 Å². The van der Waals surface area contributed by atoms with Gasteiger partial charge in [-0.15, -0.1) is 0 Å². The van der Waals surface area contributed by atoms with Crippen LogP contribution in [0.4, 0.5) is 0 Å². The summed E-state index contributed by atoms with van der Waals surface area (Å²) < 4.78 is 1.73. The van der Waals surface area contributed by atoms with Crippen molar-refractivity contribution in [3.63, 3.8) is 0 Å². The third-order valence-corrected chi connectivity index (χ3v) is 3.93. The van der Waals surface area contributed by atoms with Gasteiger partial charge in [-0.3, -0.25) is 14.4 Å². The first-order valence-electron chi connectivity index (χ1n) is 5.76. The molecule has 1 aromatic rings. The smallest absolute Gasteiger partial charge is 0.325 e. The van der Waals surface area contributed by atoms with E-state index < -0.39 is 11.5 Å². The Morgan fingerprint density at radius 1 is 1.67 bits per heavy atom. The second-order valence-corrected chi connectivity index (χ2v) is 5.27. The van der Waals surface area contributed by atoms with Gasteiger partial charge in [0.05, 0.1) is 16.4 Å². The van der Waals surface area contributed by atoms with Gasteiger partial charge in [0.1, 0.15) is 5.54 Å². The summed E-state index contributed by atoms with van der Waals surface area (Å²) >= 11 is 6.17. The minimum atomic E-state index is -1.14. The predicted molar refractivity (Wildman–Crippen MR) is 67.4 cm³/mol. The number of likely N-dealkylation sites (tertiary alicyclic amines) is 1. The minimum Gasteiger partial charge on any atom is -0.480 e. The van der Waals surface area contributed by atoms with Crippen LogP contribution in [-0.4, -0.2) is 44.4 Å². The van der Waals surface area contributed by atoms with E-state index in [0.717, 1.165) is 11.4 Å². The molecule has 1 fully saturated rings. The van der Waals surface area contributed by atoms with Crippen LogP contribution in [0.3, 0.4) is 0 Å². The molecule has 1 aromatic heterocycles. The highest BCUT2D eigenvalue weighted by molar-refractivity contribution is 6.31. The van der Waals surface area contributed by atoms with Crippen molar-refractivity contribution < 1.29 is 9.90 Å². The van der Waals surface area contributed by atoms with Gasteiger partial charge in [0, 0.05) is 26.7 Å². The number of nitrogens with zero attached hydrogens (tertiary/aromatic N) is 3. The molecule has 2 rings (SSSR count). The molecule has 1 aliphatic heterocycles. The van der Waals surface area contributed by atoms with E-state index in [-0.39, 0.29) is 0 Å². The number of carbonyl (C=O) groups is 1. The highest BCUT2D eigenvalue weighted by Gasteiger charge is 2.41. The van der Waals surface area contributed by atoms with Gasteiger partial charge in [-0.1, -0.05) is 11.6 Å². The minimum absolute atomic E-state index is 0.336. The van der Waals surface area contributed by atoms with Gasteiger partial charge in [-0.2, -0.15) is 5.10 Å². The molecule has 0 bridgehead atoms. The highest BCUT2D eigenvalue weighted by Crippen LogP contribution is 2.25. The molecule has 2 heterocycles. The number of aryl methyl sites for hydroxylation is 2. The molecular formula is C11H17ClN4O2. The van der Waals surface area contributed by atoms with E-state index in [1.165, 1.54) is 0 Å². The number of aliphatic carboxylic acids is 1. The number of halogens is 1. The Labute approximate surface area is 110 Å². The summed E-state index contributed by atoms with van der Waals surface area (Å²) in [7, 11) is 1.83. The Morgan fingerprint density at radius 2 is 2.33 bits per heavy atom. The summed E-state index contributed by atoms with van der Waals surface area (Å²) in [6.45, 7) is 3.41. The molecule has 0 radical (unpaired) electrons. The van der Waals surface area contributed by atoms with E-state index in [1.807, 2.05) is 18.9 Å². The second-order valence-electron chi connectivity index (χ2n) is 4.89. The Morgan fingerprint density at radius 3 is 2.78 bits per heavy atom. The van der Waals surface area contributed by atoms with Crippen molar-refractivity contribution in [2.75, 3.05) is 13.1 Å².